The highest BCUT2D eigenvalue weighted by Gasteiger charge is 2.19. The topological polar surface area (TPSA) is 25.8 Å². The monoisotopic (exact) mass is 262 g/mol. The van der Waals surface area contributed by atoms with E-state index in [0.717, 1.165) is 17.8 Å². The summed E-state index contributed by atoms with van der Waals surface area (Å²) in [5.41, 5.74) is 0. The zero-order chi connectivity index (χ0) is 10.5. The minimum atomic E-state index is 0.612. The molecule has 2 rings (SSSR count). The number of hydrogen-bond acceptors (Lipinski definition) is 4. The maximum Gasteiger partial charge on any atom is 0.130 e. The van der Waals surface area contributed by atoms with Crippen molar-refractivity contribution in [3.05, 3.63) is 10.0 Å². The average molecular weight is 263 g/mol. The van der Waals surface area contributed by atoms with Gasteiger partial charge in [0.1, 0.15) is 10.0 Å². The highest BCUT2D eigenvalue weighted by molar-refractivity contribution is 7.99. The van der Waals surface area contributed by atoms with Crippen LogP contribution in [-0.4, -0.2) is 21.8 Å². The molecule has 0 spiro atoms. The van der Waals surface area contributed by atoms with Gasteiger partial charge in [-0.05, 0) is 25.0 Å². The summed E-state index contributed by atoms with van der Waals surface area (Å²) in [4.78, 5) is 0. The van der Waals surface area contributed by atoms with Gasteiger partial charge in [-0.1, -0.05) is 6.42 Å². The summed E-state index contributed by atoms with van der Waals surface area (Å²) in [7, 11) is 0. The lowest BCUT2D eigenvalue weighted by Gasteiger charge is -2.17. The van der Waals surface area contributed by atoms with Crippen molar-refractivity contribution in [3.8, 4) is 0 Å². The molecule has 1 atom stereocenters. The molecular weight excluding hydrogens is 248 g/mol. The molecule has 1 saturated heterocycles. The molecule has 1 fully saturated rings. The molecule has 0 saturated carbocycles. The summed E-state index contributed by atoms with van der Waals surface area (Å²) in [6.07, 6.45) is 5.97. The smallest absolute Gasteiger partial charge is 0.130 e. The van der Waals surface area contributed by atoms with E-state index in [4.69, 9.17) is 11.6 Å². The third-order valence-corrected chi connectivity index (χ3v) is 5.36. The lowest BCUT2D eigenvalue weighted by molar-refractivity contribution is 0.678. The second kappa shape index (κ2) is 6.06. The molecule has 15 heavy (non-hydrogen) atoms. The molecular formula is C10H15ClN2S2. The lowest BCUT2D eigenvalue weighted by Crippen LogP contribution is -2.01. The summed E-state index contributed by atoms with van der Waals surface area (Å²) in [5.74, 6) is 1.99. The van der Waals surface area contributed by atoms with Gasteiger partial charge in [-0.25, -0.2) is 0 Å². The predicted octanol–water partition coefficient (Wildman–Crippen LogP) is 3.67. The first-order chi connectivity index (χ1) is 7.40. The standard InChI is InChI=1S/C10H15ClN2S2/c11-6-3-5-9-12-13-10(15-9)8-4-1-2-7-14-8/h8H,1-7H2. The van der Waals surface area contributed by atoms with E-state index in [9.17, 15) is 0 Å². The van der Waals surface area contributed by atoms with E-state index in [1.807, 2.05) is 11.8 Å². The van der Waals surface area contributed by atoms with Crippen molar-refractivity contribution < 1.29 is 0 Å². The number of aromatic nitrogens is 2. The zero-order valence-corrected chi connectivity index (χ0v) is 11.0. The second-order valence-electron chi connectivity index (χ2n) is 3.68. The van der Waals surface area contributed by atoms with Crippen LogP contribution in [0, 0.1) is 0 Å². The Morgan fingerprint density at radius 2 is 2.27 bits per heavy atom. The molecule has 1 aliphatic rings. The Balaban J connectivity index is 1.93. The predicted molar refractivity (Wildman–Crippen MR) is 68.0 cm³/mol. The maximum absolute atomic E-state index is 5.66. The van der Waals surface area contributed by atoms with Crippen molar-refractivity contribution in [2.24, 2.45) is 0 Å². The van der Waals surface area contributed by atoms with Crippen molar-refractivity contribution in [1.29, 1.82) is 0 Å². The number of aryl methyl sites for hydroxylation is 1. The molecule has 0 radical (unpaired) electrons. The Bertz CT molecular complexity index is 297. The molecule has 1 unspecified atom stereocenters. The van der Waals surface area contributed by atoms with Gasteiger partial charge in [0.15, 0.2) is 0 Å². The van der Waals surface area contributed by atoms with Crippen LogP contribution in [0.25, 0.3) is 0 Å². The third kappa shape index (κ3) is 3.33. The van der Waals surface area contributed by atoms with Gasteiger partial charge in [0.25, 0.3) is 0 Å². The normalized spacial score (nSPS) is 21.8. The van der Waals surface area contributed by atoms with Gasteiger partial charge in [-0.2, -0.15) is 11.8 Å². The molecule has 0 aliphatic carbocycles. The highest BCUT2D eigenvalue weighted by atomic mass is 35.5. The Morgan fingerprint density at radius 3 is 3.00 bits per heavy atom. The van der Waals surface area contributed by atoms with Gasteiger partial charge >= 0.3 is 0 Å². The van der Waals surface area contributed by atoms with E-state index in [0.29, 0.717) is 11.1 Å². The molecule has 0 bridgehead atoms. The number of alkyl halides is 1. The van der Waals surface area contributed by atoms with Crippen LogP contribution < -0.4 is 0 Å². The average Bonchev–Trinajstić information content (AvgIpc) is 2.76. The molecule has 2 nitrogen and oxygen atoms in total. The van der Waals surface area contributed by atoms with Crippen LogP contribution in [-0.2, 0) is 6.42 Å². The Hall–Kier alpha value is 0.200. The van der Waals surface area contributed by atoms with Gasteiger partial charge in [0.05, 0.1) is 5.25 Å². The highest BCUT2D eigenvalue weighted by Crippen LogP contribution is 2.39. The van der Waals surface area contributed by atoms with Crippen molar-refractivity contribution in [2.75, 3.05) is 11.6 Å². The lowest BCUT2D eigenvalue weighted by atomic mass is 10.2. The second-order valence-corrected chi connectivity index (χ2v) is 6.46. The molecule has 2 heterocycles. The fraction of sp³-hybridized carbons (Fsp3) is 0.800. The zero-order valence-electron chi connectivity index (χ0n) is 8.62. The molecule has 5 heteroatoms. The Morgan fingerprint density at radius 1 is 1.33 bits per heavy atom. The number of rotatable bonds is 4. The Labute approximate surface area is 104 Å². The van der Waals surface area contributed by atoms with E-state index in [2.05, 4.69) is 10.2 Å². The summed E-state index contributed by atoms with van der Waals surface area (Å²) in [5, 5.41) is 11.5. The van der Waals surface area contributed by atoms with E-state index in [-0.39, 0.29) is 0 Å². The first-order valence-corrected chi connectivity index (χ1v) is 7.80. The first-order valence-electron chi connectivity index (χ1n) is 5.40. The molecule has 1 aromatic heterocycles. The number of nitrogens with zero attached hydrogens (tertiary/aromatic N) is 2. The van der Waals surface area contributed by atoms with E-state index >= 15 is 0 Å². The summed E-state index contributed by atoms with van der Waals surface area (Å²) >= 11 is 9.47. The van der Waals surface area contributed by atoms with Gasteiger partial charge in [0, 0.05) is 12.3 Å². The van der Waals surface area contributed by atoms with Crippen molar-refractivity contribution in [3.63, 3.8) is 0 Å². The summed E-state index contributed by atoms with van der Waals surface area (Å²) in [6.45, 7) is 0. The van der Waals surface area contributed by atoms with E-state index < -0.39 is 0 Å². The van der Waals surface area contributed by atoms with Crippen LogP contribution in [0.1, 0.15) is 40.9 Å². The molecule has 1 aliphatic heterocycles. The summed E-state index contributed by atoms with van der Waals surface area (Å²) < 4.78 is 0. The van der Waals surface area contributed by atoms with Crippen LogP contribution in [0.3, 0.4) is 0 Å². The fourth-order valence-electron chi connectivity index (χ4n) is 1.65. The molecule has 0 N–H and O–H groups in total. The first kappa shape index (κ1) is 11.7. The number of hydrogen-bond donors (Lipinski definition) is 0. The maximum atomic E-state index is 5.66. The number of halogens is 1. The largest absolute Gasteiger partial charge is 0.151 e. The van der Waals surface area contributed by atoms with E-state index in [1.54, 1.807) is 11.3 Å². The van der Waals surface area contributed by atoms with Crippen LogP contribution in [0.2, 0.25) is 0 Å². The van der Waals surface area contributed by atoms with Crippen LogP contribution in [0.15, 0.2) is 0 Å². The van der Waals surface area contributed by atoms with E-state index in [1.165, 1.54) is 30.0 Å². The molecule has 1 aromatic rings. The van der Waals surface area contributed by atoms with Gasteiger partial charge in [-0.3, -0.25) is 0 Å². The van der Waals surface area contributed by atoms with Gasteiger partial charge in [-0.15, -0.1) is 33.1 Å². The van der Waals surface area contributed by atoms with Crippen LogP contribution >= 0.6 is 34.7 Å². The SMILES string of the molecule is ClCCCc1nnc(C2CCCCS2)s1. The quantitative estimate of drug-likeness (QED) is 0.775. The Kier molecular flexibility index (Phi) is 4.72. The molecule has 0 aromatic carbocycles. The fourth-order valence-corrected chi connectivity index (χ4v) is 4.21. The van der Waals surface area contributed by atoms with Crippen molar-refractivity contribution in [1.82, 2.24) is 10.2 Å². The minimum absolute atomic E-state index is 0.612. The third-order valence-electron chi connectivity index (χ3n) is 2.46. The molecule has 84 valence electrons. The van der Waals surface area contributed by atoms with Crippen molar-refractivity contribution >= 4 is 34.7 Å². The number of thioether (sulfide) groups is 1. The minimum Gasteiger partial charge on any atom is -0.151 e. The van der Waals surface area contributed by atoms with Gasteiger partial charge in [0.2, 0.25) is 0 Å². The van der Waals surface area contributed by atoms with Crippen LogP contribution in [0.4, 0.5) is 0 Å². The summed E-state index contributed by atoms with van der Waals surface area (Å²) in [6, 6.07) is 0. The van der Waals surface area contributed by atoms with Crippen LogP contribution in [0.5, 0.6) is 0 Å². The molecule has 0 amide bonds. The van der Waals surface area contributed by atoms with Gasteiger partial charge < -0.3 is 0 Å². The van der Waals surface area contributed by atoms with Crippen molar-refractivity contribution in [2.45, 2.75) is 37.4 Å².